The van der Waals surface area contributed by atoms with E-state index in [9.17, 15) is 24.6 Å². The van der Waals surface area contributed by atoms with Crippen molar-refractivity contribution < 1.29 is 39.2 Å². The number of rotatable bonds is 4. The first-order valence-corrected chi connectivity index (χ1v) is 9.74. The number of hydrogen-bond acceptors (Lipinski definition) is 7. The van der Waals surface area contributed by atoms with E-state index in [2.05, 4.69) is 0 Å². The summed E-state index contributed by atoms with van der Waals surface area (Å²) in [6, 6.07) is 0. The van der Waals surface area contributed by atoms with Crippen molar-refractivity contribution in [2.24, 2.45) is 5.92 Å². The van der Waals surface area contributed by atoms with Gasteiger partial charge in [0.15, 0.2) is 11.4 Å². The van der Waals surface area contributed by atoms with Crippen molar-refractivity contribution in [3.05, 3.63) is 59.9 Å². The Morgan fingerprint density at radius 3 is 2.63 bits per heavy atom. The third-order valence-electron chi connectivity index (χ3n) is 5.42. The zero-order chi connectivity index (χ0) is 21.9. The van der Waals surface area contributed by atoms with Crippen LogP contribution in [-0.4, -0.2) is 57.0 Å². The first kappa shape index (κ1) is 21.7. The molecule has 2 aliphatic heterocycles. The summed E-state index contributed by atoms with van der Waals surface area (Å²) in [6.45, 7) is 1.74. The van der Waals surface area contributed by atoms with E-state index in [1.54, 1.807) is 6.92 Å². The number of aliphatic carboxylic acids is 1. The smallest absolute Gasteiger partial charge is 0.338 e. The van der Waals surface area contributed by atoms with E-state index in [0.717, 1.165) is 6.08 Å². The van der Waals surface area contributed by atoms with E-state index in [1.807, 2.05) is 0 Å². The normalized spacial score (nSPS) is 34.5. The van der Waals surface area contributed by atoms with E-state index in [1.165, 1.54) is 42.5 Å². The predicted molar refractivity (Wildman–Crippen MR) is 105 cm³/mol. The second-order valence-corrected chi connectivity index (χ2v) is 7.49. The lowest BCUT2D eigenvalue weighted by molar-refractivity contribution is -0.165. The Morgan fingerprint density at radius 2 is 1.90 bits per heavy atom. The third kappa shape index (κ3) is 4.15. The number of aliphatic hydroxyl groups is 2. The number of allylic oxidation sites excluding steroid dienone is 5. The van der Waals surface area contributed by atoms with Gasteiger partial charge in [-0.25, -0.2) is 9.59 Å². The zero-order valence-electron chi connectivity index (χ0n) is 16.4. The van der Waals surface area contributed by atoms with Crippen molar-refractivity contribution in [3.63, 3.8) is 0 Å². The third-order valence-corrected chi connectivity index (χ3v) is 5.42. The standard InChI is InChI=1S/C22H24O8/c1-13-7-6-9-16(23)22(28)17(24)12-11-15-20(22)19(21(27)29-13)14(30-15)8-4-2-3-5-10-18(25)26/h2-5,8,10-13,15-16,20,23,28H,6-7,9H2,1H3,(H,25,26)/b3-2+,8-4+,10-5+. The highest BCUT2D eigenvalue weighted by molar-refractivity contribution is 6.02. The summed E-state index contributed by atoms with van der Waals surface area (Å²) in [7, 11) is 0. The average Bonchev–Trinajstić information content (AvgIpc) is 3.06. The van der Waals surface area contributed by atoms with Crippen LogP contribution in [0.4, 0.5) is 0 Å². The highest BCUT2D eigenvalue weighted by Gasteiger charge is 2.60. The number of hydrogen-bond donors (Lipinski definition) is 3. The molecule has 0 aromatic heterocycles. The fourth-order valence-electron chi connectivity index (χ4n) is 3.95. The molecule has 0 spiro atoms. The Bertz CT molecular complexity index is 878. The van der Waals surface area contributed by atoms with Gasteiger partial charge in [0.05, 0.1) is 23.7 Å². The molecule has 8 heteroatoms. The first-order chi connectivity index (χ1) is 14.2. The molecule has 3 N–H and O–H groups in total. The van der Waals surface area contributed by atoms with Gasteiger partial charge < -0.3 is 24.8 Å². The molecule has 0 aromatic carbocycles. The SMILES string of the molecule is CC1CCCC(O)C2(O)C(=O)C=CC3OC(/C=C/C=C/C=C/C(=O)O)=C(C(=O)O1)C32. The van der Waals surface area contributed by atoms with Crippen LogP contribution in [0.25, 0.3) is 0 Å². The summed E-state index contributed by atoms with van der Waals surface area (Å²) in [5, 5.41) is 30.5. The number of carbonyl (C=O) groups excluding carboxylic acids is 2. The van der Waals surface area contributed by atoms with Gasteiger partial charge in [-0.15, -0.1) is 0 Å². The molecule has 8 nitrogen and oxygen atoms in total. The van der Waals surface area contributed by atoms with Gasteiger partial charge in [0.1, 0.15) is 11.9 Å². The second-order valence-electron chi connectivity index (χ2n) is 7.49. The summed E-state index contributed by atoms with van der Waals surface area (Å²) < 4.78 is 11.3. The highest BCUT2D eigenvalue weighted by atomic mass is 16.5. The van der Waals surface area contributed by atoms with E-state index in [-0.39, 0.29) is 17.8 Å². The van der Waals surface area contributed by atoms with Crippen LogP contribution >= 0.6 is 0 Å². The number of esters is 1. The van der Waals surface area contributed by atoms with E-state index in [0.29, 0.717) is 12.8 Å². The zero-order valence-corrected chi connectivity index (χ0v) is 16.4. The first-order valence-electron chi connectivity index (χ1n) is 9.74. The topological polar surface area (TPSA) is 130 Å². The Hall–Kier alpha value is -2.97. The number of carboxylic acids is 1. The number of ether oxygens (including phenoxy) is 2. The Labute approximate surface area is 173 Å². The maximum Gasteiger partial charge on any atom is 0.338 e. The molecule has 0 aromatic rings. The van der Waals surface area contributed by atoms with Crippen LogP contribution in [0.15, 0.2) is 59.9 Å². The molecule has 1 aliphatic carbocycles. The number of carbonyl (C=O) groups is 3. The van der Waals surface area contributed by atoms with Crippen LogP contribution in [0.5, 0.6) is 0 Å². The van der Waals surface area contributed by atoms with Gasteiger partial charge in [-0.3, -0.25) is 4.79 Å². The summed E-state index contributed by atoms with van der Waals surface area (Å²) in [4.78, 5) is 36.0. The molecule has 2 heterocycles. The summed E-state index contributed by atoms with van der Waals surface area (Å²) in [5.41, 5.74) is -2.19. The molecule has 5 unspecified atom stereocenters. The van der Waals surface area contributed by atoms with Crippen LogP contribution in [-0.2, 0) is 23.9 Å². The lowest BCUT2D eigenvalue weighted by atomic mass is 9.69. The fraction of sp³-hybridized carbons (Fsp3) is 0.409. The summed E-state index contributed by atoms with van der Waals surface area (Å²) in [6.07, 6.45) is 9.52. The number of carboxylic acid groups (broad SMARTS) is 1. The van der Waals surface area contributed by atoms with Gasteiger partial charge in [0.2, 0.25) is 0 Å². The molecule has 160 valence electrons. The molecule has 1 saturated heterocycles. The molecule has 30 heavy (non-hydrogen) atoms. The minimum atomic E-state index is -2.19. The number of ketones is 1. The Balaban J connectivity index is 2.01. The van der Waals surface area contributed by atoms with Crippen LogP contribution < -0.4 is 0 Å². The molecule has 0 saturated carbocycles. The van der Waals surface area contributed by atoms with E-state index in [4.69, 9.17) is 14.6 Å². The van der Waals surface area contributed by atoms with Crippen molar-refractivity contribution in [1.82, 2.24) is 0 Å². The quantitative estimate of drug-likeness (QED) is 0.356. The molecule has 0 radical (unpaired) electrons. The molecule has 0 bridgehead atoms. The Morgan fingerprint density at radius 1 is 1.17 bits per heavy atom. The molecule has 3 aliphatic rings. The molecule has 5 atom stereocenters. The van der Waals surface area contributed by atoms with Crippen molar-refractivity contribution in [3.8, 4) is 0 Å². The molecular formula is C22H24O8. The maximum absolute atomic E-state index is 12.9. The van der Waals surface area contributed by atoms with Gasteiger partial charge >= 0.3 is 11.9 Å². The monoisotopic (exact) mass is 416 g/mol. The van der Waals surface area contributed by atoms with E-state index < -0.39 is 47.6 Å². The van der Waals surface area contributed by atoms with Crippen LogP contribution in [0.2, 0.25) is 0 Å². The lowest BCUT2D eigenvalue weighted by Gasteiger charge is -2.40. The van der Waals surface area contributed by atoms with Crippen molar-refractivity contribution >= 4 is 17.7 Å². The summed E-state index contributed by atoms with van der Waals surface area (Å²) in [5.74, 6) is -3.44. The number of aliphatic hydroxyl groups excluding tert-OH is 1. The largest absolute Gasteiger partial charge is 0.485 e. The van der Waals surface area contributed by atoms with Gasteiger partial charge in [-0.1, -0.05) is 24.3 Å². The predicted octanol–water partition coefficient (Wildman–Crippen LogP) is 1.36. The molecule has 0 amide bonds. The molecule has 1 fully saturated rings. The fourth-order valence-corrected chi connectivity index (χ4v) is 3.95. The summed E-state index contributed by atoms with van der Waals surface area (Å²) >= 11 is 0. The number of cyclic esters (lactones) is 1. The van der Waals surface area contributed by atoms with Gasteiger partial charge in [-0.2, -0.15) is 0 Å². The molecular weight excluding hydrogens is 392 g/mol. The van der Waals surface area contributed by atoms with Gasteiger partial charge in [0, 0.05) is 6.08 Å². The van der Waals surface area contributed by atoms with E-state index >= 15 is 0 Å². The highest BCUT2D eigenvalue weighted by Crippen LogP contribution is 2.46. The van der Waals surface area contributed by atoms with Gasteiger partial charge in [0.25, 0.3) is 0 Å². The van der Waals surface area contributed by atoms with Crippen LogP contribution in [0.3, 0.4) is 0 Å². The van der Waals surface area contributed by atoms with Crippen LogP contribution in [0.1, 0.15) is 26.2 Å². The molecule has 3 rings (SSSR count). The van der Waals surface area contributed by atoms with Crippen molar-refractivity contribution in [2.75, 3.05) is 0 Å². The second kappa shape index (κ2) is 8.81. The van der Waals surface area contributed by atoms with Crippen molar-refractivity contribution in [2.45, 2.75) is 50.1 Å². The van der Waals surface area contributed by atoms with Crippen LogP contribution in [0, 0.1) is 5.92 Å². The average molecular weight is 416 g/mol. The Kier molecular flexibility index (Phi) is 6.38. The maximum atomic E-state index is 12.9. The van der Waals surface area contributed by atoms with Gasteiger partial charge in [-0.05, 0) is 44.4 Å². The van der Waals surface area contributed by atoms with Crippen molar-refractivity contribution in [1.29, 1.82) is 0 Å². The minimum Gasteiger partial charge on any atom is -0.485 e. The minimum absolute atomic E-state index is 0.00118. The lowest BCUT2D eigenvalue weighted by Crippen LogP contribution is -2.60.